The SMILES string of the molecule is Fc1c(F)c(F)c(-c2ccc(-c3ccc(-c4ccc(-c5ccc(-c6ccc(C7=CCC(c8c(F)c(F)c(F)c(F)c8F)O7)o6)o5)o4)o3)o2)c(F)c1F. The Balaban J connectivity index is 0.971. The van der Waals surface area contributed by atoms with Crippen molar-refractivity contribution < 1.29 is 70.7 Å². The summed E-state index contributed by atoms with van der Waals surface area (Å²) in [6, 6.07) is 14.3. The van der Waals surface area contributed by atoms with Gasteiger partial charge in [0.15, 0.2) is 104 Å². The third kappa shape index (κ3) is 5.20. The largest absolute Gasteiger partial charge is 0.482 e. The van der Waals surface area contributed by atoms with Crippen molar-refractivity contribution in [3.8, 4) is 57.4 Å². The first-order valence-electron chi connectivity index (χ1n) is 14.8. The summed E-state index contributed by atoms with van der Waals surface area (Å²) in [6.45, 7) is 0. The normalized spacial score (nSPS) is 14.3. The molecule has 52 heavy (non-hydrogen) atoms. The number of halogens is 10. The molecule has 0 amide bonds. The van der Waals surface area contributed by atoms with Crippen LogP contribution >= 0.6 is 0 Å². The number of ether oxygens (including phenoxy) is 1. The summed E-state index contributed by atoms with van der Waals surface area (Å²) >= 11 is 0. The lowest BCUT2D eigenvalue weighted by atomic mass is 10.0. The number of hydrogen-bond acceptors (Lipinski definition) is 6. The quantitative estimate of drug-likeness (QED) is 0.0923. The highest BCUT2D eigenvalue weighted by Gasteiger charge is 2.35. The first-order chi connectivity index (χ1) is 24.9. The van der Waals surface area contributed by atoms with Crippen molar-refractivity contribution in [3.63, 3.8) is 0 Å². The molecule has 5 aromatic heterocycles. The van der Waals surface area contributed by atoms with Crippen molar-refractivity contribution in [3.05, 3.63) is 136 Å². The molecule has 1 unspecified atom stereocenters. The Morgan fingerprint density at radius 2 is 0.635 bits per heavy atom. The lowest BCUT2D eigenvalue weighted by Gasteiger charge is -2.15. The minimum Gasteiger partial charge on any atom is -0.482 e. The van der Waals surface area contributed by atoms with E-state index >= 15 is 0 Å². The first kappa shape index (κ1) is 32.9. The topological polar surface area (TPSA) is 74.9 Å². The van der Waals surface area contributed by atoms with Gasteiger partial charge in [0.25, 0.3) is 0 Å². The second-order valence-corrected chi connectivity index (χ2v) is 11.2. The van der Waals surface area contributed by atoms with E-state index in [1.807, 2.05) is 0 Å². The molecule has 1 atom stereocenters. The van der Waals surface area contributed by atoms with Crippen LogP contribution in [0.3, 0.4) is 0 Å². The molecule has 264 valence electrons. The van der Waals surface area contributed by atoms with E-state index in [0.717, 1.165) is 6.07 Å². The maximum atomic E-state index is 14.3. The summed E-state index contributed by atoms with van der Waals surface area (Å²) in [4.78, 5) is 0. The van der Waals surface area contributed by atoms with Crippen LogP contribution in [-0.2, 0) is 4.74 Å². The molecule has 7 aromatic rings. The molecule has 1 aliphatic rings. The van der Waals surface area contributed by atoms with E-state index in [9.17, 15) is 43.9 Å². The molecule has 0 fully saturated rings. The Morgan fingerprint density at radius 1 is 0.346 bits per heavy atom. The van der Waals surface area contributed by atoms with Crippen LogP contribution in [0.1, 0.15) is 23.8 Å². The number of furan rings is 5. The van der Waals surface area contributed by atoms with Gasteiger partial charge in [0, 0.05) is 6.42 Å². The predicted octanol–water partition coefficient (Wildman–Crippen LogP) is 11.9. The second-order valence-electron chi connectivity index (χ2n) is 11.2. The van der Waals surface area contributed by atoms with Gasteiger partial charge in [-0.05, 0) is 66.7 Å². The highest BCUT2D eigenvalue weighted by molar-refractivity contribution is 5.67. The molecule has 0 saturated heterocycles. The van der Waals surface area contributed by atoms with Crippen molar-refractivity contribution in [2.75, 3.05) is 0 Å². The summed E-state index contributed by atoms with van der Waals surface area (Å²) in [5.74, 6) is -20.4. The van der Waals surface area contributed by atoms with Crippen LogP contribution in [0.4, 0.5) is 43.9 Å². The predicted molar refractivity (Wildman–Crippen MR) is 157 cm³/mol. The summed E-state index contributed by atoms with van der Waals surface area (Å²) in [5, 5.41) is 0. The number of rotatable bonds is 7. The van der Waals surface area contributed by atoms with Crippen LogP contribution in [0.5, 0.6) is 0 Å². The van der Waals surface area contributed by atoms with Crippen LogP contribution in [0, 0.1) is 58.2 Å². The highest BCUT2D eigenvalue weighted by Crippen LogP contribution is 2.42. The summed E-state index contributed by atoms with van der Waals surface area (Å²) < 4.78 is 173. The summed E-state index contributed by atoms with van der Waals surface area (Å²) in [5.41, 5.74) is -2.34. The standard InChI is InChI=1S/C36H14F10O6/c37-27-25(28(38)32(42)35(45)31(27)41)23-11-9-21(51-23)19-7-5-17(49-19)15-3-1-13(47-15)14-2-4-16(48-14)18-6-8-20(50-18)22-10-12-24(52-22)26-29(39)33(43)36(46)34(44)30(26)40/h1-11,24H,12H2. The second kappa shape index (κ2) is 12.2. The average molecular weight is 732 g/mol. The average Bonchev–Trinajstić information content (AvgIpc) is 3.97. The van der Waals surface area contributed by atoms with Gasteiger partial charge in [0.2, 0.25) is 11.6 Å². The van der Waals surface area contributed by atoms with E-state index in [4.69, 9.17) is 26.8 Å². The molecule has 2 aromatic carbocycles. The molecule has 0 aliphatic carbocycles. The molecular formula is C36H14F10O6. The van der Waals surface area contributed by atoms with Gasteiger partial charge in [-0.3, -0.25) is 0 Å². The molecule has 16 heteroatoms. The van der Waals surface area contributed by atoms with Gasteiger partial charge in [0.05, 0.1) is 11.1 Å². The zero-order valence-corrected chi connectivity index (χ0v) is 25.4. The van der Waals surface area contributed by atoms with Crippen molar-refractivity contribution in [2.24, 2.45) is 0 Å². The van der Waals surface area contributed by atoms with Crippen LogP contribution in [-0.4, -0.2) is 0 Å². The smallest absolute Gasteiger partial charge is 0.200 e. The first-order valence-corrected chi connectivity index (χ1v) is 14.8. The molecule has 0 N–H and O–H groups in total. The Hall–Kier alpha value is -6.32. The molecule has 8 rings (SSSR count). The van der Waals surface area contributed by atoms with E-state index in [1.165, 1.54) is 36.4 Å². The third-order valence-electron chi connectivity index (χ3n) is 8.05. The Labute approximate surface area is 282 Å². The van der Waals surface area contributed by atoms with Gasteiger partial charge in [-0.1, -0.05) is 0 Å². The van der Waals surface area contributed by atoms with E-state index in [2.05, 4.69) is 0 Å². The molecule has 0 radical (unpaired) electrons. The molecule has 0 saturated carbocycles. The fourth-order valence-corrected chi connectivity index (χ4v) is 5.54. The maximum absolute atomic E-state index is 14.3. The zero-order valence-electron chi connectivity index (χ0n) is 25.4. The number of benzene rings is 2. The minimum atomic E-state index is -2.30. The lowest BCUT2D eigenvalue weighted by molar-refractivity contribution is 0.175. The lowest BCUT2D eigenvalue weighted by Crippen LogP contribution is -2.11. The Bertz CT molecular complexity index is 2510. The van der Waals surface area contributed by atoms with Crippen LogP contribution < -0.4 is 0 Å². The fraction of sp³-hybridized carbons (Fsp3) is 0.0556. The monoisotopic (exact) mass is 732 g/mol. The van der Waals surface area contributed by atoms with Gasteiger partial charge in [-0.2, -0.15) is 0 Å². The van der Waals surface area contributed by atoms with Crippen molar-refractivity contribution in [1.82, 2.24) is 0 Å². The molecular weight excluding hydrogens is 718 g/mol. The van der Waals surface area contributed by atoms with E-state index in [0.29, 0.717) is 0 Å². The zero-order chi connectivity index (χ0) is 36.6. The summed E-state index contributed by atoms with van der Waals surface area (Å²) in [6.07, 6.45) is -0.319. The van der Waals surface area contributed by atoms with Gasteiger partial charge in [0.1, 0.15) is 11.9 Å². The highest BCUT2D eigenvalue weighted by atomic mass is 19.2. The molecule has 6 nitrogen and oxygen atoms in total. The van der Waals surface area contributed by atoms with E-state index in [-0.39, 0.29) is 64.0 Å². The van der Waals surface area contributed by atoms with Crippen LogP contribution in [0.2, 0.25) is 0 Å². The van der Waals surface area contributed by atoms with Crippen LogP contribution in [0.15, 0.2) is 88.8 Å². The van der Waals surface area contributed by atoms with Gasteiger partial charge >= 0.3 is 0 Å². The molecule has 0 spiro atoms. The third-order valence-corrected chi connectivity index (χ3v) is 8.05. The molecule has 1 aliphatic heterocycles. The summed E-state index contributed by atoms with van der Waals surface area (Å²) in [7, 11) is 0. The number of hydrogen-bond donors (Lipinski definition) is 0. The Kier molecular flexibility index (Phi) is 7.69. The van der Waals surface area contributed by atoms with Crippen LogP contribution in [0.25, 0.3) is 63.2 Å². The van der Waals surface area contributed by atoms with E-state index < -0.39 is 81.2 Å². The molecule has 0 bridgehead atoms. The Morgan fingerprint density at radius 3 is 1.04 bits per heavy atom. The van der Waals surface area contributed by atoms with Gasteiger partial charge in [-0.25, -0.2) is 43.9 Å². The van der Waals surface area contributed by atoms with Gasteiger partial charge in [-0.15, -0.1) is 0 Å². The van der Waals surface area contributed by atoms with E-state index in [1.54, 1.807) is 24.3 Å². The van der Waals surface area contributed by atoms with Crippen molar-refractivity contribution >= 4 is 5.76 Å². The van der Waals surface area contributed by atoms with Crippen molar-refractivity contribution in [1.29, 1.82) is 0 Å². The molecule has 6 heterocycles. The minimum absolute atomic E-state index is 0.00353. The fourth-order valence-electron chi connectivity index (χ4n) is 5.54. The van der Waals surface area contributed by atoms with Crippen molar-refractivity contribution in [2.45, 2.75) is 12.5 Å². The maximum Gasteiger partial charge on any atom is 0.200 e. The van der Waals surface area contributed by atoms with Gasteiger partial charge < -0.3 is 26.8 Å².